The lowest BCUT2D eigenvalue weighted by Gasteiger charge is -2.12. The average molecular weight is 198 g/mol. The highest BCUT2D eigenvalue weighted by Crippen LogP contribution is 2.30. The molecule has 0 radical (unpaired) electrons. The van der Waals surface area contributed by atoms with Crippen LogP contribution in [0, 0.1) is 0 Å². The fraction of sp³-hybridized carbons (Fsp3) is 0.400. The van der Waals surface area contributed by atoms with Gasteiger partial charge in [0.15, 0.2) is 18.3 Å². The number of aliphatic hydroxyl groups excluding tert-OH is 1. The van der Waals surface area contributed by atoms with Gasteiger partial charge in [-0.2, -0.15) is 0 Å². The summed E-state index contributed by atoms with van der Waals surface area (Å²) in [6.45, 7) is 0.0453. The Bertz CT molecular complexity index is 263. The minimum absolute atomic E-state index is 0.0871. The first kappa shape index (κ1) is 10.8. The van der Waals surface area contributed by atoms with Gasteiger partial charge in [0, 0.05) is 12.7 Å². The fourth-order valence-corrected chi connectivity index (χ4v) is 1.13. The van der Waals surface area contributed by atoms with E-state index in [0.29, 0.717) is 17.1 Å². The van der Waals surface area contributed by atoms with Crippen LogP contribution in [0.5, 0.6) is 11.5 Å². The van der Waals surface area contributed by atoms with Crippen LogP contribution in [0.4, 0.5) is 0 Å². The van der Waals surface area contributed by atoms with Crippen molar-refractivity contribution in [1.29, 1.82) is 0 Å². The largest absolute Gasteiger partial charge is 0.493 e. The van der Waals surface area contributed by atoms with Gasteiger partial charge < -0.3 is 19.3 Å². The molecular weight excluding hydrogens is 184 g/mol. The van der Waals surface area contributed by atoms with E-state index in [1.807, 2.05) is 0 Å². The summed E-state index contributed by atoms with van der Waals surface area (Å²) in [5.41, 5.74) is 0.682. The second-order valence-electron chi connectivity index (χ2n) is 2.66. The van der Waals surface area contributed by atoms with Crippen LogP contribution in [0.3, 0.4) is 0 Å². The van der Waals surface area contributed by atoms with Crippen molar-refractivity contribution < 1.29 is 19.3 Å². The maximum atomic E-state index is 9.06. The number of para-hydroxylation sites is 1. The zero-order chi connectivity index (χ0) is 10.4. The van der Waals surface area contributed by atoms with E-state index in [9.17, 15) is 0 Å². The lowest BCUT2D eigenvalue weighted by atomic mass is 10.2. The summed E-state index contributed by atoms with van der Waals surface area (Å²) in [5.74, 6) is 1.12. The Morgan fingerprint density at radius 1 is 1.29 bits per heavy atom. The topological polar surface area (TPSA) is 47.9 Å². The molecule has 78 valence electrons. The van der Waals surface area contributed by atoms with E-state index in [2.05, 4.69) is 0 Å². The standard InChI is InChI=1S/C10H14O4/c1-12-7-14-10-8(6-11)4-3-5-9(10)13-2/h3-5,11H,6-7H2,1-2H3. The molecule has 0 saturated heterocycles. The number of hydrogen-bond acceptors (Lipinski definition) is 4. The van der Waals surface area contributed by atoms with Gasteiger partial charge in [0.05, 0.1) is 13.7 Å². The first-order valence-corrected chi connectivity index (χ1v) is 4.22. The molecule has 14 heavy (non-hydrogen) atoms. The normalized spacial score (nSPS) is 9.93. The van der Waals surface area contributed by atoms with Crippen molar-refractivity contribution in [3.8, 4) is 11.5 Å². The van der Waals surface area contributed by atoms with E-state index in [1.165, 1.54) is 7.11 Å². The number of rotatable bonds is 5. The van der Waals surface area contributed by atoms with Crippen LogP contribution >= 0.6 is 0 Å². The van der Waals surface area contributed by atoms with Crippen LogP contribution in [0.25, 0.3) is 0 Å². The Labute approximate surface area is 83.0 Å². The smallest absolute Gasteiger partial charge is 0.188 e. The Hall–Kier alpha value is -1.26. The molecule has 0 heterocycles. The molecule has 0 fully saturated rings. The predicted octanol–water partition coefficient (Wildman–Crippen LogP) is 1.17. The zero-order valence-corrected chi connectivity index (χ0v) is 8.32. The number of aliphatic hydroxyl groups is 1. The Morgan fingerprint density at radius 3 is 2.64 bits per heavy atom. The lowest BCUT2D eigenvalue weighted by molar-refractivity contribution is 0.0475. The Balaban J connectivity index is 2.93. The van der Waals surface area contributed by atoms with Crippen LogP contribution in [0.2, 0.25) is 0 Å². The van der Waals surface area contributed by atoms with Gasteiger partial charge in [-0.05, 0) is 6.07 Å². The van der Waals surface area contributed by atoms with Crippen molar-refractivity contribution in [2.24, 2.45) is 0 Å². The van der Waals surface area contributed by atoms with Crippen molar-refractivity contribution in [2.75, 3.05) is 21.0 Å². The van der Waals surface area contributed by atoms with Gasteiger partial charge in [-0.25, -0.2) is 0 Å². The van der Waals surface area contributed by atoms with Gasteiger partial charge >= 0.3 is 0 Å². The van der Waals surface area contributed by atoms with E-state index >= 15 is 0 Å². The SMILES string of the molecule is COCOc1c(CO)cccc1OC. The maximum Gasteiger partial charge on any atom is 0.188 e. The molecule has 0 aromatic heterocycles. The third-order valence-corrected chi connectivity index (χ3v) is 1.77. The van der Waals surface area contributed by atoms with Crippen molar-refractivity contribution in [3.63, 3.8) is 0 Å². The number of benzene rings is 1. The third-order valence-electron chi connectivity index (χ3n) is 1.77. The summed E-state index contributed by atoms with van der Waals surface area (Å²) in [4.78, 5) is 0. The first-order chi connectivity index (χ1) is 6.83. The van der Waals surface area contributed by atoms with Gasteiger partial charge in [0.1, 0.15) is 0 Å². The molecule has 0 unspecified atom stereocenters. The quantitative estimate of drug-likeness (QED) is 0.721. The van der Waals surface area contributed by atoms with Crippen LogP contribution in [0.1, 0.15) is 5.56 Å². The van der Waals surface area contributed by atoms with Gasteiger partial charge in [-0.3, -0.25) is 0 Å². The summed E-state index contributed by atoms with van der Waals surface area (Å²) >= 11 is 0. The predicted molar refractivity (Wildman–Crippen MR) is 51.4 cm³/mol. The highest BCUT2D eigenvalue weighted by atomic mass is 16.7. The highest BCUT2D eigenvalue weighted by molar-refractivity contribution is 5.46. The molecule has 0 aliphatic carbocycles. The van der Waals surface area contributed by atoms with Crippen molar-refractivity contribution in [3.05, 3.63) is 23.8 Å². The monoisotopic (exact) mass is 198 g/mol. The molecule has 1 aromatic carbocycles. The van der Waals surface area contributed by atoms with Gasteiger partial charge in [0.25, 0.3) is 0 Å². The molecule has 0 spiro atoms. The van der Waals surface area contributed by atoms with Crippen molar-refractivity contribution >= 4 is 0 Å². The van der Waals surface area contributed by atoms with Gasteiger partial charge in [-0.1, -0.05) is 12.1 Å². The average Bonchev–Trinajstić information content (AvgIpc) is 2.25. The first-order valence-electron chi connectivity index (χ1n) is 4.22. The van der Waals surface area contributed by atoms with Crippen LogP contribution < -0.4 is 9.47 Å². The summed E-state index contributed by atoms with van der Waals surface area (Å²) in [7, 11) is 3.09. The molecule has 1 rings (SSSR count). The minimum atomic E-state index is -0.0871. The molecule has 0 saturated carbocycles. The second kappa shape index (κ2) is 5.47. The summed E-state index contributed by atoms with van der Waals surface area (Å²) < 4.78 is 15.2. The summed E-state index contributed by atoms with van der Waals surface area (Å²) in [6, 6.07) is 5.34. The van der Waals surface area contributed by atoms with Gasteiger partial charge in [0.2, 0.25) is 0 Å². The molecule has 4 nitrogen and oxygen atoms in total. The zero-order valence-electron chi connectivity index (χ0n) is 8.32. The number of methoxy groups -OCH3 is 2. The van der Waals surface area contributed by atoms with E-state index in [1.54, 1.807) is 25.3 Å². The Morgan fingerprint density at radius 2 is 2.07 bits per heavy atom. The molecular formula is C10H14O4. The highest BCUT2D eigenvalue weighted by Gasteiger charge is 2.08. The Kier molecular flexibility index (Phi) is 4.22. The second-order valence-corrected chi connectivity index (χ2v) is 2.66. The van der Waals surface area contributed by atoms with Gasteiger partial charge in [-0.15, -0.1) is 0 Å². The summed E-state index contributed by atoms with van der Waals surface area (Å²) in [5, 5.41) is 9.06. The molecule has 1 aromatic rings. The molecule has 0 amide bonds. The molecule has 0 aliphatic rings. The van der Waals surface area contributed by atoms with Crippen LogP contribution in [0.15, 0.2) is 18.2 Å². The van der Waals surface area contributed by atoms with Crippen LogP contribution in [-0.2, 0) is 11.3 Å². The molecule has 0 atom stereocenters. The summed E-state index contributed by atoms with van der Waals surface area (Å²) in [6.07, 6.45) is 0. The lowest BCUT2D eigenvalue weighted by Crippen LogP contribution is -2.03. The van der Waals surface area contributed by atoms with Crippen LogP contribution in [-0.4, -0.2) is 26.1 Å². The van der Waals surface area contributed by atoms with E-state index in [-0.39, 0.29) is 13.4 Å². The number of ether oxygens (including phenoxy) is 3. The minimum Gasteiger partial charge on any atom is -0.493 e. The van der Waals surface area contributed by atoms with Crippen molar-refractivity contribution in [1.82, 2.24) is 0 Å². The number of hydrogen-bond donors (Lipinski definition) is 1. The maximum absolute atomic E-state index is 9.06. The third kappa shape index (κ3) is 2.37. The molecule has 4 heteroatoms. The molecule has 0 aliphatic heterocycles. The van der Waals surface area contributed by atoms with E-state index < -0.39 is 0 Å². The fourth-order valence-electron chi connectivity index (χ4n) is 1.13. The van der Waals surface area contributed by atoms with E-state index in [0.717, 1.165) is 0 Å². The molecule has 1 N–H and O–H groups in total. The van der Waals surface area contributed by atoms with Crippen molar-refractivity contribution in [2.45, 2.75) is 6.61 Å². The molecule has 0 bridgehead atoms. The van der Waals surface area contributed by atoms with E-state index in [4.69, 9.17) is 19.3 Å².